The zero-order chi connectivity index (χ0) is 30.9. The van der Waals surface area contributed by atoms with E-state index in [2.05, 4.69) is 170 Å². The number of nitrogens with zero attached hydrogens (tertiary/aromatic N) is 2. The molecule has 0 radical (unpaired) electrons. The first-order valence-electron chi connectivity index (χ1n) is 16.6. The molecule has 222 valence electrons. The number of fused-ring (bicyclic) bond motifs is 11. The van der Waals surface area contributed by atoms with Crippen molar-refractivity contribution in [2.24, 2.45) is 0 Å². The fraction of sp³-hybridized carbons (Fsp3) is 0.182. The molecule has 0 spiro atoms. The molecule has 0 saturated heterocycles. The minimum absolute atomic E-state index is 0.00131. The van der Waals surface area contributed by atoms with Gasteiger partial charge in [0.05, 0.1) is 22.1 Å². The standard InChI is InChI=1S/C44H36N2/c1-43(2)35-23-21-27(45-37-17-9-5-13-29(37)30-14-6-10-18-38(30)45)25-33(35)42-41(43)34-26-28(22-24-36(34)44(42,3)4)46-39-19-11-7-15-31(39)32-16-8-12-20-40(32)46/h5-26,41-42H,1-4H3. The van der Waals surface area contributed by atoms with Gasteiger partial charge in [-0.25, -0.2) is 0 Å². The van der Waals surface area contributed by atoms with E-state index in [1.807, 2.05) is 0 Å². The molecular weight excluding hydrogens is 556 g/mol. The first-order valence-corrected chi connectivity index (χ1v) is 16.6. The Kier molecular flexibility index (Phi) is 5.00. The molecule has 2 heterocycles. The highest BCUT2D eigenvalue weighted by Gasteiger charge is 2.58. The van der Waals surface area contributed by atoms with Crippen molar-refractivity contribution >= 4 is 43.6 Å². The van der Waals surface area contributed by atoms with Gasteiger partial charge in [0, 0.05) is 44.8 Å². The van der Waals surface area contributed by atoms with E-state index in [0.717, 1.165) is 0 Å². The minimum atomic E-state index is 0.00131. The summed E-state index contributed by atoms with van der Waals surface area (Å²) >= 11 is 0. The van der Waals surface area contributed by atoms with Crippen LogP contribution >= 0.6 is 0 Å². The number of para-hydroxylation sites is 4. The molecule has 46 heavy (non-hydrogen) atoms. The Hall–Kier alpha value is -5.08. The first-order chi connectivity index (χ1) is 22.4. The van der Waals surface area contributed by atoms with Crippen LogP contribution in [0, 0.1) is 0 Å². The molecule has 0 fully saturated rings. The lowest BCUT2D eigenvalue weighted by atomic mass is 9.72. The molecule has 2 heteroatoms. The second-order valence-corrected chi connectivity index (χ2v) is 14.7. The third kappa shape index (κ3) is 3.17. The lowest BCUT2D eigenvalue weighted by Gasteiger charge is -2.31. The van der Waals surface area contributed by atoms with E-state index in [-0.39, 0.29) is 10.8 Å². The highest BCUT2D eigenvalue weighted by molar-refractivity contribution is 6.10. The highest BCUT2D eigenvalue weighted by Crippen LogP contribution is 2.67. The smallest absolute Gasteiger partial charge is 0.0541 e. The summed E-state index contributed by atoms with van der Waals surface area (Å²) in [5, 5.41) is 5.23. The van der Waals surface area contributed by atoms with E-state index in [1.165, 1.54) is 77.2 Å². The van der Waals surface area contributed by atoms with Crippen molar-refractivity contribution < 1.29 is 0 Å². The molecular formula is C44H36N2. The first kappa shape index (κ1) is 26.2. The van der Waals surface area contributed by atoms with Crippen LogP contribution < -0.4 is 0 Å². The van der Waals surface area contributed by atoms with Crippen LogP contribution in [0.25, 0.3) is 55.0 Å². The van der Waals surface area contributed by atoms with Crippen molar-refractivity contribution in [3.05, 3.63) is 156 Å². The van der Waals surface area contributed by atoms with Crippen LogP contribution in [-0.2, 0) is 10.8 Å². The Morgan fingerprint density at radius 1 is 0.391 bits per heavy atom. The normalized spacial score (nSPS) is 19.2. The quantitative estimate of drug-likeness (QED) is 0.189. The molecule has 10 rings (SSSR count). The van der Waals surface area contributed by atoms with Crippen LogP contribution in [0.2, 0.25) is 0 Å². The van der Waals surface area contributed by atoms with Gasteiger partial charge in [0.2, 0.25) is 0 Å². The number of hydrogen-bond acceptors (Lipinski definition) is 0. The van der Waals surface area contributed by atoms with Gasteiger partial charge in [0.15, 0.2) is 0 Å². The second kappa shape index (κ2) is 8.79. The van der Waals surface area contributed by atoms with Crippen LogP contribution in [0.4, 0.5) is 0 Å². The zero-order valence-electron chi connectivity index (χ0n) is 26.8. The third-order valence-electron chi connectivity index (χ3n) is 11.7. The Labute approximate surface area is 269 Å². The maximum absolute atomic E-state index is 2.53. The molecule has 8 aromatic rings. The summed E-state index contributed by atoms with van der Waals surface area (Å²) < 4.78 is 4.95. The van der Waals surface area contributed by atoms with Crippen LogP contribution in [-0.4, -0.2) is 9.13 Å². The summed E-state index contributed by atoms with van der Waals surface area (Å²) in [6, 6.07) is 50.0. The molecule has 2 aliphatic carbocycles. The number of hydrogen-bond donors (Lipinski definition) is 0. The van der Waals surface area contributed by atoms with E-state index in [1.54, 1.807) is 0 Å². The average Bonchev–Trinajstić information content (AvgIpc) is 3.74. The molecule has 2 aliphatic rings. The van der Waals surface area contributed by atoms with Gasteiger partial charge in [-0.1, -0.05) is 113 Å². The predicted octanol–water partition coefficient (Wildman–Crippen LogP) is 11.3. The third-order valence-corrected chi connectivity index (χ3v) is 11.7. The molecule has 0 saturated carbocycles. The molecule has 2 aromatic heterocycles. The van der Waals surface area contributed by atoms with Gasteiger partial charge < -0.3 is 9.13 Å². The Balaban J connectivity index is 1.18. The monoisotopic (exact) mass is 592 g/mol. The Bertz CT molecular complexity index is 2270. The van der Waals surface area contributed by atoms with Gasteiger partial charge in [-0.3, -0.25) is 0 Å². The molecule has 2 atom stereocenters. The van der Waals surface area contributed by atoms with Crippen LogP contribution in [0.5, 0.6) is 0 Å². The molecule has 0 N–H and O–H groups in total. The summed E-state index contributed by atoms with van der Waals surface area (Å²) in [5.41, 5.74) is 13.6. The van der Waals surface area contributed by atoms with Crippen molar-refractivity contribution in [3.63, 3.8) is 0 Å². The lowest BCUT2D eigenvalue weighted by Crippen LogP contribution is -2.25. The number of benzene rings is 6. The molecule has 0 amide bonds. The maximum Gasteiger partial charge on any atom is 0.0541 e. The van der Waals surface area contributed by atoms with Crippen molar-refractivity contribution in [2.75, 3.05) is 0 Å². The van der Waals surface area contributed by atoms with Gasteiger partial charge in [-0.2, -0.15) is 0 Å². The van der Waals surface area contributed by atoms with E-state index in [4.69, 9.17) is 0 Å². The van der Waals surface area contributed by atoms with Crippen molar-refractivity contribution in [3.8, 4) is 11.4 Å². The fourth-order valence-electron chi connectivity index (χ4n) is 9.77. The Morgan fingerprint density at radius 2 is 0.696 bits per heavy atom. The second-order valence-electron chi connectivity index (χ2n) is 14.7. The number of rotatable bonds is 2. The molecule has 2 unspecified atom stereocenters. The van der Waals surface area contributed by atoms with Crippen molar-refractivity contribution in [1.29, 1.82) is 0 Å². The van der Waals surface area contributed by atoms with Crippen molar-refractivity contribution in [2.45, 2.75) is 50.4 Å². The summed E-state index contributed by atoms with van der Waals surface area (Å²) in [6.45, 7) is 9.92. The van der Waals surface area contributed by atoms with Crippen LogP contribution in [0.1, 0.15) is 61.8 Å². The van der Waals surface area contributed by atoms with Crippen LogP contribution in [0.3, 0.4) is 0 Å². The van der Waals surface area contributed by atoms with Gasteiger partial charge in [-0.05, 0) is 81.6 Å². The molecule has 0 bridgehead atoms. The van der Waals surface area contributed by atoms with Gasteiger partial charge in [0.25, 0.3) is 0 Å². The Morgan fingerprint density at radius 3 is 1.02 bits per heavy atom. The topological polar surface area (TPSA) is 9.86 Å². The van der Waals surface area contributed by atoms with E-state index >= 15 is 0 Å². The number of aromatic nitrogens is 2. The zero-order valence-corrected chi connectivity index (χ0v) is 26.8. The van der Waals surface area contributed by atoms with Gasteiger partial charge in [-0.15, -0.1) is 0 Å². The molecule has 2 nitrogen and oxygen atoms in total. The van der Waals surface area contributed by atoms with Crippen LogP contribution in [0.15, 0.2) is 133 Å². The van der Waals surface area contributed by atoms with Crippen molar-refractivity contribution in [1.82, 2.24) is 9.13 Å². The summed E-state index contributed by atoms with van der Waals surface area (Å²) in [4.78, 5) is 0. The minimum Gasteiger partial charge on any atom is -0.309 e. The van der Waals surface area contributed by atoms with Gasteiger partial charge >= 0.3 is 0 Å². The SMILES string of the molecule is CC1(C)c2ccc(-n3c4ccccc4c4ccccc43)cc2C2C1c1cc(-n3c4ccccc4c4ccccc43)ccc1C2(C)C. The summed E-state index contributed by atoms with van der Waals surface area (Å²) in [6.07, 6.45) is 0. The summed E-state index contributed by atoms with van der Waals surface area (Å²) in [7, 11) is 0. The fourth-order valence-corrected chi connectivity index (χ4v) is 9.77. The van der Waals surface area contributed by atoms with E-state index < -0.39 is 0 Å². The largest absolute Gasteiger partial charge is 0.309 e. The lowest BCUT2D eigenvalue weighted by molar-refractivity contribution is 0.349. The summed E-state index contributed by atoms with van der Waals surface area (Å²) in [5.74, 6) is 0.794. The highest BCUT2D eigenvalue weighted by atomic mass is 15.0. The van der Waals surface area contributed by atoms with E-state index in [0.29, 0.717) is 11.8 Å². The molecule has 6 aromatic carbocycles. The predicted molar refractivity (Wildman–Crippen MR) is 193 cm³/mol. The average molecular weight is 593 g/mol. The molecule has 0 aliphatic heterocycles. The van der Waals surface area contributed by atoms with Gasteiger partial charge in [0.1, 0.15) is 0 Å². The van der Waals surface area contributed by atoms with E-state index in [9.17, 15) is 0 Å². The maximum atomic E-state index is 2.53.